The van der Waals surface area contributed by atoms with Gasteiger partial charge in [0.2, 0.25) is 11.8 Å². The van der Waals surface area contributed by atoms with Crippen molar-refractivity contribution in [1.29, 1.82) is 0 Å². The van der Waals surface area contributed by atoms with Crippen LogP contribution in [0.2, 0.25) is 0 Å². The molecule has 15 heteroatoms. The summed E-state index contributed by atoms with van der Waals surface area (Å²) in [6.07, 6.45) is 4.65. The van der Waals surface area contributed by atoms with E-state index in [0.717, 1.165) is 44.5 Å². The van der Waals surface area contributed by atoms with E-state index in [0.29, 0.717) is 43.6 Å². The first-order valence-electron chi connectivity index (χ1n) is 21.8. The topological polar surface area (TPSA) is 184 Å². The van der Waals surface area contributed by atoms with E-state index in [4.69, 9.17) is 14.5 Å². The van der Waals surface area contributed by atoms with Crippen LogP contribution in [0, 0.1) is 11.3 Å². The summed E-state index contributed by atoms with van der Waals surface area (Å²) in [5.41, 5.74) is 10.1. The van der Waals surface area contributed by atoms with Crippen molar-refractivity contribution in [2.45, 2.75) is 104 Å². The molecule has 2 aliphatic heterocycles. The lowest BCUT2D eigenvalue weighted by molar-refractivity contribution is -0.155. The number of phenols is 1. The molecule has 1 fully saturated rings. The number of H-pyrrole nitrogens is 1. The van der Waals surface area contributed by atoms with Crippen molar-refractivity contribution < 1.29 is 33.8 Å². The molecule has 0 saturated carbocycles. The zero-order valence-electron chi connectivity index (χ0n) is 37.5. The number of likely N-dealkylation sites (N-methyl/N-ethyl adjacent to an activating group) is 1. The Bertz CT molecular complexity index is 2480. The summed E-state index contributed by atoms with van der Waals surface area (Å²) in [7, 11) is 3.25. The number of aromatic hydroxyl groups is 1. The number of hydrogen-bond acceptors (Lipinski definition) is 10. The number of amides is 3. The zero-order valence-corrected chi connectivity index (χ0v) is 37.5. The van der Waals surface area contributed by atoms with Crippen LogP contribution in [-0.4, -0.2) is 104 Å². The van der Waals surface area contributed by atoms with E-state index >= 15 is 0 Å². The van der Waals surface area contributed by atoms with Crippen LogP contribution in [0.25, 0.3) is 33.3 Å². The zero-order chi connectivity index (χ0) is 45.2. The molecular formula is C48H60N8O7. The highest BCUT2D eigenvalue weighted by Gasteiger charge is 2.38. The Hall–Kier alpha value is -6.06. The van der Waals surface area contributed by atoms with Gasteiger partial charge in [-0.1, -0.05) is 39.8 Å². The average molecular weight is 861 g/mol. The number of hydrazine groups is 1. The number of phenolic OH excluding ortho intramolecular Hbond substituents is 1. The second kappa shape index (κ2) is 18.7. The molecule has 0 radical (unpaired) electrons. The van der Waals surface area contributed by atoms with E-state index in [9.17, 15) is 24.3 Å². The van der Waals surface area contributed by atoms with Gasteiger partial charge < -0.3 is 29.4 Å². The molecule has 2 aromatic carbocycles. The summed E-state index contributed by atoms with van der Waals surface area (Å²) in [6.45, 7) is 13.0. The number of hydrogen-bond donors (Lipinski definition) is 4. The number of carbonyl (C=O) groups is 4. The van der Waals surface area contributed by atoms with Gasteiger partial charge in [-0.2, -0.15) is 5.10 Å². The van der Waals surface area contributed by atoms with Crippen molar-refractivity contribution in [2.24, 2.45) is 11.3 Å². The number of ether oxygens (including phenoxy) is 2. The number of rotatable bonds is 10. The van der Waals surface area contributed by atoms with E-state index in [1.165, 1.54) is 9.91 Å². The normalized spacial score (nSPS) is 19.0. The first-order valence-corrected chi connectivity index (χ1v) is 21.8. The highest BCUT2D eigenvalue weighted by molar-refractivity contribution is 5.96. The molecule has 6 bridgehead atoms. The largest absolute Gasteiger partial charge is 0.508 e. The minimum Gasteiger partial charge on any atom is -0.508 e. The Kier molecular flexibility index (Phi) is 13.4. The molecule has 3 aromatic heterocycles. The molecule has 7 rings (SSSR count). The lowest BCUT2D eigenvalue weighted by Crippen LogP contribution is -2.62. The molecule has 0 unspecified atom stereocenters. The fourth-order valence-corrected chi connectivity index (χ4v) is 9.07. The molecular weight excluding hydrogens is 801 g/mol. The van der Waals surface area contributed by atoms with Gasteiger partial charge in [0.15, 0.2) is 0 Å². The lowest BCUT2D eigenvalue weighted by atomic mass is 9.84. The Morgan fingerprint density at radius 3 is 2.60 bits per heavy atom. The van der Waals surface area contributed by atoms with Gasteiger partial charge in [-0.15, -0.1) is 0 Å². The van der Waals surface area contributed by atoms with Gasteiger partial charge in [0.25, 0.3) is 5.91 Å². The monoisotopic (exact) mass is 860 g/mol. The Morgan fingerprint density at radius 1 is 1.10 bits per heavy atom. The van der Waals surface area contributed by atoms with E-state index < -0.39 is 41.3 Å². The van der Waals surface area contributed by atoms with Crippen molar-refractivity contribution in [3.63, 3.8) is 0 Å². The molecule has 0 aliphatic carbocycles. The number of aromatic nitrogens is 4. The maximum absolute atomic E-state index is 14.6. The number of nitrogens with one attached hydrogen (secondary N) is 3. The van der Waals surface area contributed by atoms with Gasteiger partial charge in [-0.25, -0.2) is 5.43 Å². The second-order valence-electron chi connectivity index (χ2n) is 18.0. The average Bonchev–Trinajstić information content (AvgIpc) is 3.89. The maximum atomic E-state index is 14.6. The molecule has 15 nitrogen and oxygen atoms in total. The van der Waals surface area contributed by atoms with Gasteiger partial charge in [0, 0.05) is 67.9 Å². The van der Waals surface area contributed by atoms with Crippen molar-refractivity contribution in [2.75, 3.05) is 27.3 Å². The molecule has 1 saturated heterocycles. The van der Waals surface area contributed by atoms with E-state index in [2.05, 4.69) is 64.5 Å². The van der Waals surface area contributed by atoms with Gasteiger partial charge in [0.05, 0.1) is 36.2 Å². The fraction of sp³-hybridized carbons (Fsp3) is 0.458. The number of nitrogens with zero attached hydrogens (tertiary/aromatic N) is 5. The molecule has 334 valence electrons. The van der Waals surface area contributed by atoms with Crippen LogP contribution in [-0.2, 0) is 54.5 Å². The smallest absolute Gasteiger partial charge is 0.324 e. The predicted octanol–water partition coefficient (Wildman–Crippen LogP) is 5.90. The number of esters is 1. The second-order valence-corrected chi connectivity index (χ2v) is 18.0. The summed E-state index contributed by atoms with van der Waals surface area (Å²) < 4.78 is 14.2. The molecule has 5 aromatic rings. The third-order valence-corrected chi connectivity index (χ3v) is 12.3. The highest BCUT2D eigenvalue weighted by Crippen LogP contribution is 2.42. The number of carbonyl (C=O) groups excluding carboxylic acids is 4. The molecule has 2 aliphatic rings. The van der Waals surface area contributed by atoms with Crippen LogP contribution in [0.5, 0.6) is 5.75 Å². The Labute approximate surface area is 368 Å². The van der Waals surface area contributed by atoms with Crippen LogP contribution < -0.4 is 10.7 Å². The Morgan fingerprint density at radius 2 is 1.89 bits per heavy atom. The van der Waals surface area contributed by atoms with Crippen LogP contribution in [0.3, 0.4) is 0 Å². The third kappa shape index (κ3) is 9.64. The number of pyridine rings is 1. The van der Waals surface area contributed by atoms with Crippen molar-refractivity contribution in [1.82, 2.24) is 40.4 Å². The third-order valence-electron chi connectivity index (χ3n) is 12.3. The number of methoxy groups -OCH3 is 1. The summed E-state index contributed by atoms with van der Waals surface area (Å²) in [6, 6.07) is 14.3. The number of aromatic amines is 1. The minimum atomic E-state index is -1.14. The number of benzene rings is 2. The van der Waals surface area contributed by atoms with Crippen LogP contribution in [0.1, 0.15) is 83.0 Å². The van der Waals surface area contributed by atoms with E-state index in [1.807, 2.05) is 39.0 Å². The number of aryl methyl sites for hydroxylation is 1. The van der Waals surface area contributed by atoms with Crippen LogP contribution >= 0.6 is 0 Å². The predicted molar refractivity (Wildman–Crippen MR) is 239 cm³/mol. The van der Waals surface area contributed by atoms with Gasteiger partial charge in [-0.3, -0.25) is 34.3 Å². The van der Waals surface area contributed by atoms with Gasteiger partial charge in [-0.05, 0) is 104 Å². The summed E-state index contributed by atoms with van der Waals surface area (Å²) in [4.78, 5) is 62.4. The van der Waals surface area contributed by atoms with E-state index in [-0.39, 0.29) is 43.1 Å². The van der Waals surface area contributed by atoms with Crippen molar-refractivity contribution in [3.05, 3.63) is 89.5 Å². The Balaban J connectivity index is 1.34. The summed E-state index contributed by atoms with van der Waals surface area (Å²) in [5, 5.41) is 23.5. The first kappa shape index (κ1) is 45.0. The molecule has 3 amide bonds. The van der Waals surface area contributed by atoms with E-state index in [1.54, 1.807) is 44.8 Å². The number of fused-ring (bicyclic) bond motifs is 6. The molecule has 0 spiro atoms. The lowest BCUT2D eigenvalue weighted by Gasteiger charge is -2.36. The van der Waals surface area contributed by atoms with Gasteiger partial charge >= 0.3 is 5.97 Å². The van der Waals surface area contributed by atoms with Crippen LogP contribution in [0.15, 0.2) is 67.0 Å². The molecule has 4 N–H and O–H groups in total. The quantitative estimate of drug-likeness (QED) is 0.123. The summed E-state index contributed by atoms with van der Waals surface area (Å²) >= 11 is 0. The molecule has 4 atom stereocenters. The fourth-order valence-electron chi connectivity index (χ4n) is 9.07. The highest BCUT2D eigenvalue weighted by atomic mass is 16.5. The molecule has 63 heavy (non-hydrogen) atoms. The maximum Gasteiger partial charge on any atom is 0.324 e. The van der Waals surface area contributed by atoms with Crippen molar-refractivity contribution in [3.8, 4) is 28.1 Å². The number of cyclic esters (lactones) is 1. The minimum absolute atomic E-state index is 0.00100. The SMILES string of the molecule is CCn1c(-c2cccnc2[C@H](C)OC)c2c3cc(ccc31)-c1cc(O)cc(c1)C[C@H](NC(=O)[C@H](C(C)C)N(C)C(=O)Cc1cc[nH]n1)C(=O)N1CCC[C@H](N1)C(=O)OCC(C)(C)C2. The van der Waals surface area contributed by atoms with Crippen LogP contribution in [0.4, 0.5) is 0 Å². The standard InChI is InChI=1S/C48H60N8O7/c1-9-55-40-15-14-31-24-36(40)37(44(55)35-12-10-17-49-42(35)29(4)62-8)26-48(5,6)27-63-47(61)38-13-11-19-56(53-38)46(60)39(22-30-20-32(31)23-34(57)21-30)51-45(59)43(28(2)3)54(7)41(58)25-33-16-18-50-52-33/h10,12,14-18,20-21,23-24,28-29,38-39,43,53,57H,9,11,13,19,22,25-27H2,1-8H3,(H,50,52)(H,51,59)/t29-,38-,39-,43-/m0/s1. The van der Waals surface area contributed by atoms with Gasteiger partial charge in [0.1, 0.15) is 23.9 Å². The summed E-state index contributed by atoms with van der Waals surface area (Å²) in [5.74, 6) is -2.06. The molecule has 5 heterocycles. The van der Waals surface area contributed by atoms with Crippen molar-refractivity contribution >= 4 is 34.6 Å². The first-order chi connectivity index (χ1) is 30.1.